The normalized spacial score (nSPS) is 17.6. The van der Waals surface area contributed by atoms with Gasteiger partial charge in [-0.05, 0) is 61.7 Å². The van der Waals surface area contributed by atoms with E-state index in [1.807, 2.05) is 6.33 Å². The van der Waals surface area contributed by atoms with E-state index in [1.165, 1.54) is 16.8 Å². The molecule has 5 aromatic rings. The summed E-state index contributed by atoms with van der Waals surface area (Å²) in [6.45, 7) is 6.37. The summed E-state index contributed by atoms with van der Waals surface area (Å²) in [6.07, 6.45) is 4.95. The van der Waals surface area contributed by atoms with Gasteiger partial charge >= 0.3 is 0 Å². The molecule has 7 rings (SSSR count). The van der Waals surface area contributed by atoms with Gasteiger partial charge in [0.05, 0.1) is 6.33 Å². The van der Waals surface area contributed by atoms with Gasteiger partial charge in [0.25, 0.3) is 0 Å². The Morgan fingerprint density at radius 3 is 2.14 bits per heavy atom. The number of nitrogens with one attached hydrogen (secondary N) is 1. The van der Waals surface area contributed by atoms with Crippen LogP contribution in [0.25, 0.3) is 11.2 Å². The quantitative estimate of drug-likeness (QED) is 0.217. The van der Waals surface area contributed by atoms with Crippen molar-refractivity contribution in [1.82, 2.24) is 24.4 Å². The first-order valence-corrected chi connectivity index (χ1v) is 15.7. The fourth-order valence-corrected chi connectivity index (χ4v) is 6.09. The van der Waals surface area contributed by atoms with Crippen molar-refractivity contribution >= 4 is 34.3 Å². The molecular weight excluding hydrogens is 548 g/mol. The summed E-state index contributed by atoms with van der Waals surface area (Å²) in [5, 5.41) is 3.52. The molecular formula is C35H40N8O. The highest BCUT2D eigenvalue weighted by molar-refractivity contribution is 5.85. The Balaban J connectivity index is 1.26. The molecule has 0 amide bonds. The molecule has 9 heteroatoms. The molecule has 1 N–H and O–H groups in total. The van der Waals surface area contributed by atoms with E-state index in [4.69, 9.17) is 19.7 Å². The van der Waals surface area contributed by atoms with Crippen LogP contribution in [0.4, 0.5) is 23.1 Å². The molecule has 9 nitrogen and oxygen atoms in total. The third-order valence-corrected chi connectivity index (χ3v) is 8.59. The van der Waals surface area contributed by atoms with Crippen LogP contribution < -0.4 is 15.1 Å². The van der Waals surface area contributed by atoms with Crippen LogP contribution >= 0.6 is 0 Å². The fourth-order valence-electron chi connectivity index (χ4n) is 6.09. The molecule has 44 heavy (non-hydrogen) atoms. The van der Waals surface area contributed by atoms with Crippen molar-refractivity contribution in [3.63, 3.8) is 0 Å². The third kappa shape index (κ3) is 6.39. The van der Waals surface area contributed by atoms with Gasteiger partial charge in [-0.25, -0.2) is 4.98 Å². The second-order valence-corrected chi connectivity index (χ2v) is 11.8. The summed E-state index contributed by atoms with van der Waals surface area (Å²) in [5.74, 6) is 1.34. The maximum Gasteiger partial charge on any atom is 0.231 e. The highest BCUT2D eigenvalue weighted by Crippen LogP contribution is 2.32. The van der Waals surface area contributed by atoms with Crippen molar-refractivity contribution in [2.45, 2.75) is 38.6 Å². The first kappa shape index (κ1) is 28.3. The minimum atomic E-state index is -0.0797. The average Bonchev–Trinajstić information content (AvgIpc) is 3.50. The molecule has 2 fully saturated rings. The van der Waals surface area contributed by atoms with Crippen LogP contribution in [0, 0.1) is 0 Å². The van der Waals surface area contributed by atoms with E-state index >= 15 is 0 Å². The topological polar surface area (TPSA) is 74.6 Å². The molecule has 0 saturated carbocycles. The predicted octanol–water partition coefficient (Wildman–Crippen LogP) is 6.23. The van der Waals surface area contributed by atoms with E-state index in [1.54, 1.807) is 0 Å². The summed E-state index contributed by atoms with van der Waals surface area (Å²) in [5.41, 5.74) is 6.17. The minimum absolute atomic E-state index is 0.0797. The molecule has 0 spiro atoms. The van der Waals surface area contributed by atoms with Crippen molar-refractivity contribution in [1.29, 1.82) is 0 Å². The van der Waals surface area contributed by atoms with E-state index in [-0.39, 0.29) is 6.23 Å². The highest BCUT2D eigenvalue weighted by Gasteiger charge is 2.24. The van der Waals surface area contributed by atoms with Crippen molar-refractivity contribution in [2.24, 2.45) is 0 Å². The molecule has 2 aromatic heterocycles. The van der Waals surface area contributed by atoms with Crippen LogP contribution in [0.3, 0.4) is 0 Å². The molecule has 1 unspecified atom stereocenters. The molecule has 2 aliphatic heterocycles. The van der Waals surface area contributed by atoms with Gasteiger partial charge in [0.1, 0.15) is 6.23 Å². The molecule has 4 heterocycles. The SMILES string of the molecule is CN1CCN(c2ccc(Nc3nc(N(Cc4ccccc4)Cc4ccccc4)c4ncn(C5CCCCO5)c4n3)cc2)CC1. The van der Waals surface area contributed by atoms with Gasteiger partial charge in [0, 0.05) is 57.3 Å². The van der Waals surface area contributed by atoms with E-state index in [9.17, 15) is 0 Å². The number of nitrogens with zero attached hydrogens (tertiary/aromatic N) is 7. The minimum Gasteiger partial charge on any atom is -0.369 e. The maximum absolute atomic E-state index is 6.18. The summed E-state index contributed by atoms with van der Waals surface area (Å²) >= 11 is 0. The highest BCUT2D eigenvalue weighted by atomic mass is 16.5. The molecule has 0 bridgehead atoms. The number of piperazine rings is 1. The van der Waals surface area contributed by atoms with Crippen molar-refractivity contribution in [3.05, 3.63) is 102 Å². The van der Waals surface area contributed by atoms with Crippen LogP contribution in [0.1, 0.15) is 36.6 Å². The Morgan fingerprint density at radius 1 is 0.818 bits per heavy atom. The average molecular weight is 589 g/mol. The lowest BCUT2D eigenvalue weighted by Gasteiger charge is -2.34. The Morgan fingerprint density at radius 2 is 1.50 bits per heavy atom. The van der Waals surface area contributed by atoms with Crippen LogP contribution in [0.2, 0.25) is 0 Å². The largest absolute Gasteiger partial charge is 0.369 e. The molecule has 1 atom stereocenters. The van der Waals surface area contributed by atoms with Crippen LogP contribution in [0.15, 0.2) is 91.3 Å². The van der Waals surface area contributed by atoms with Gasteiger partial charge in [-0.15, -0.1) is 0 Å². The second kappa shape index (κ2) is 13.0. The number of rotatable bonds is 9. The first-order valence-electron chi connectivity index (χ1n) is 15.7. The van der Waals surface area contributed by atoms with Crippen molar-refractivity contribution < 1.29 is 4.74 Å². The van der Waals surface area contributed by atoms with E-state index in [0.29, 0.717) is 19.0 Å². The lowest BCUT2D eigenvalue weighted by Crippen LogP contribution is -2.44. The predicted molar refractivity (Wildman–Crippen MR) is 176 cm³/mol. The number of anilines is 4. The zero-order valence-electron chi connectivity index (χ0n) is 25.3. The number of fused-ring (bicyclic) bond motifs is 1. The molecule has 2 saturated heterocycles. The van der Waals surface area contributed by atoms with E-state index < -0.39 is 0 Å². The number of benzene rings is 3. The zero-order valence-corrected chi connectivity index (χ0v) is 25.3. The lowest BCUT2D eigenvalue weighted by atomic mass is 10.1. The molecule has 0 radical (unpaired) electrons. The van der Waals surface area contributed by atoms with Gasteiger partial charge < -0.3 is 24.8 Å². The van der Waals surface area contributed by atoms with Gasteiger partial charge in [-0.2, -0.15) is 9.97 Å². The van der Waals surface area contributed by atoms with Crippen molar-refractivity contribution in [3.8, 4) is 0 Å². The second-order valence-electron chi connectivity index (χ2n) is 11.8. The van der Waals surface area contributed by atoms with Crippen LogP contribution in [0.5, 0.6) is 0 Å². The fraction of sp³-hybridized carbons (Fsp3) is 0.343. The standard InChI is InChI=1S/C35H40N8O/c1-40-19-21-41(22-20-40)30-17-15-29(16-18-30)37-35-38-33(32-34(39-35)43(26-36-32)31-14-8-9-23-44-31)42(24-27-10-4-2-5-11-27)25-28-12-6-3-7-13-28/h2-7,10-13,15-18,26,31H,8-9,14,19-25H2,1H3,(H,37,38,39). The Labute approximate surface area is 259 Å². The van der Waals surface area contributed by atoms with E-state index in [0.717, 1.165) is 74.7 Å². The number of aromatic nitrogens is 4. The van der Waals surface area contributed by atoms with Crippen molar-refractivity contribution in [2.75, 3.05) is 55.0 Å². The smallest absolute Gasteiger partial charge is 0.231 e. The number of ether oxygens (including phenoxy) is 1. The number of imidazole rings is 1. The summed E-state index contributed by atoms with van der Waals surface area (Å²) < 4.78 is 8.27. The van der Waals surface area contributed by atoms with E-state index in [2.05, 4.69) is 117 Å². The first-order chi connectivity index (χ1) is 21.7. The molecule has 0 aliphatic carbocycles. The number of hydrogen-bond acceptors (Lipinski definition) is 8. The number of hydrogen-bond donors (Lipinski definition) is 1. The van der Waals surface area contributed by atoms with Crippen LogP contribution in [-0.4, -0.2) is 64.3 Å². The Bertz CT molecular complexity index is 1600. The monoisotopic (exact) mass is 588 g/mol. The molecule has 3 aromatic carbocycles. The summed E-state index contributed by atoms with van der Waals surface area (Å²) in [4.78, 5) is 22.2. The lowest BCUT2D eigenvalue weighted by molar-refractivity contribution is -0.0298. The zero-order chi connectivity index (χ0) is 29.7. The molecule has 2 aliphatic rings. The molecule has 226 valence electrons. The van der Waals surface area contributed by atoms with Gasteiger partial charge in [-0.1, -0.05) is 60.7 Å². The summed E-state index contributed by atoms with van der Waals surface area (Å²) in [7, 11) is 2.18. The maximum atomic E-state index is 6.18. The third-order valence-electron chi connectivity index (χ3n) is 8.59. The number of likely N-dealkylation sites (N-methyl/N-ethyl adjacent to an activating group) is 1. The van der Waals surface area contributed by atoms with Crippen LogP contribution in [-0.2, 0) is 17.8 Å². The Kier molecular flexibility index (Phi) is 8.39. The van der Waals surface area contributed by atoms with Gasteiger partial charge in [-0.3, -0.25) is 4.57 Å². The van der Waals surface area contributed by atoms with Gasteiger partial charge in [0.2, 0.25) is 5.95 Å². The van der Waals surface area contributed by atoms with Gasteiger partial charge in [0.15, 0.2) is 17.0 Å². The Hall–Kier alpha value is -4.47. The summed E-state index contributed by atoms with van der Waals surface area (Å²) in [6, 6.07) is 29.7.